The Morgan fingerprint density at radius 3 is 2.68 bits per heavy atom. The van der Waals surface area contributed by atoms with Crippen molar-refractivity contribution in [2.75, 3.05) is 20.7 Å². The molecule has 1 rings (SSSR count). The number of ether oxygens (including phenoxy) is 1. The summed E-state index contributed by atoms with van der Waals surface area (Å²) in [5.74, 6) is 0.220. The monoisotopic (exact) mass is 265 g/mol. The van der Waals surface area contributed by atoms with Gasteiger partial charge in [-0.1, -0.05) is 12.1 Å². The molecule has 0 aliphatic rings. The molecule has 1 aromatic rings. The van der Waals surface area contributed by atoms with Gasteiger partial charge >= 0.3 is 0 Å². The van der Waals surface area contributed by atoms with Crippen LogP contribution in [-0.2, 0) is 16.1 Å². The minimum atomic E-state index is -0.302. The minimum absolute atomic E-state index is 0.192. The Bertz CT molecular complexity index is 449. The Morgan fingerprint density at radius 2 is 2.05 bits per heavy atom. The van der Waals surface area contributed by atoms with Gasteiger partial charge in [-0.15, -0.1) is 0 Å². The summed E-state index contributed by atoms with van der Waals surface area (Å²) in [6.07, 6.45) is 0. The molecule has 0 saturated carbocycles. The second-order valence-corrected chi connectivity index (χ2v) is 4.25. The molecular formula is C13H19N3O3. The standard InChI is InChI=1S/C13H19N3O3/c1-10(17)14-15-13(18)9-16(2)8-11-5-4-6-12(7-11)19-3/h4-7H,8-9H2,1-3H3,(H,14,17)(H,15,18). The molecule has 0 unspecified atom stereocenters. The minimum Gasteiger partial charge on any atom is -0.497 e. The summed E-state index contributed by atoms with van der Waals surface area (Å²) in [5.41, 5.74) is 5.61. The number of methoxy groups -OCH3 is 1. The van der Waals surface area contributed by atoms with Crippen molar-refractivity contribution in [3.8, 4) is 5.75 Å². The van der Waals surface area contributed by atoms with Gasteiger partial charge in [0.05, 0.1) is 13.7 Å². The SMILES string of the molecule is COc1cccc(CN(C)CC(=O)NNC(C)=O)c1. The molecule has 0 spiro atoms. The van der Waals surface area contributed by atoms with Crippen molar-refractivity contribution < 1.29 is 14.3 Å². The van der Waals surface area contributed by atoms with Crippen LogP contribution in [-0.4, -0.2) is 37.4 Å². The van der Waals surface area contributed by atoms with Gasteiger partial charge in [-0.05, 0) is 24.7 Å². The van der Waals surface area contributed by atoms with Crippen molar-refractivity contribution in [1.29, 1.82) is 0 Å². The van der Waals surface area contributed by atoms with Crippen LogP contribution >= 0.6 is 0 Å². The number of amides is 2. The van der Waals surface area contributed by atoms with E-state index >= 15 is 0 Å². The van der Waals surface area contributed by atoms with Crippen molar-refractivity contribution in [2.45, 2.75) is 13.5 Å². The van der Waals surface area contributed by atoms with Gasteiger partial charge in [-0.3, -0.25) is 25.3 Å². The van der Waals surface area contributed by atoms with Gasteiger partial charge in [0.2, 0.25) is 5.91 Å². The zero-order valence-electron chi connectivity index (χ0n) is 11.4. The Balaban J connectivity index is 2.43. The first kappa shape index (κ1) is 15.0. The average molecular weight is 265 g/mol. The molecular weight excluding hydrogens is 246 g/mol. The Labute approximate surface area is 112 Å². The van der Waals surface area contributed by atoms with E-state index in [0.717, 1.165) is 11.3 Å². The maximum atomic E-state index is 11.5. The molecule has 0 saturated heterocycles. The van der Waals surface area contributed by atoms with Crippen LogP contribution in [0.3, 0.4) is 0 Å². The predicted molar refractivity (Wildman–Crippen MR) is 71.3 cm³/mol. The molecule has 104 valence electrons. The Morgan fingerprint density at radius 1 is 1.32 bits per heavy atom. The summed E-state index contributed by atoms with van der Waals surface area (Å²) >= 11 is 0. The zero-order valence-corrected chi connectivity index (χ0v) is 11.4. The van der Waals surface area contributed by atoms with Crippen LogP contribution < -0.4 is 15.6 Å². The summed E-state index contributed by atoms with van der Waals surface area (Å²) in [7, 11) is 3.44. The molecule has 0 atom stereocenters. The number of hydrogen-bond donors (Lipinski definition) is 2. The fourth-order valence-corrected chi connectivity index (χ4v) is 1.58. The summed E-state index contributed by atoms with van der Waals surface area (Å²) in [4.78, 5) is 24.0. The number of benzene rings is 1. The number of hydrazine groups is 1. The first-order valence-electron chi connectivity index (χ1n) is 5.88. The largest absolute Gasteiger partial charge is 0.497 e. The third kappa shape index (κ3) is 5.87. The summed E-state index contributed by atoms with van der Waals surface area (Å²) in [6, 6.07) is 7.65. The van der Waals surface area contributed by atoms with E-state index in [1.165, 1.54) is 6.92 Å². The highest BCUT2D eigenvalue weighted by Gasteiger charge is 2.07. The summed E-state index contributed by atoms with van der Waals surface area (Å²) in [5, 5.41) is 0. The molecule has 0 aliphatic carbocycles. The van der Waals surface area contributed by atoms with Crippen molar-refractivity contribution in [2.24, 2.45) is 0 Å². The van der Waals surface area contributed by atoms with Crippen LogP contribution in [0.4, 0.5) is 0 Å². The van der Waals surface area contributed by atoms with Crippen LogP contribution in [0.25, 0.3) is 0 Å². The third-order valence-electron chi connectivity index (χ3n) is 2.38. The van der Waals surface area contributed by atoms with Gasteiger partial charge in [0.1, 0.15) is 5.75 Å². The Hall–Kier alpha value is -2.08. The molecule has 0 aliphatic heterocycles. The van der Waals surface area contributed by atoms with E-state index in [1.807, 2.05) is 36.2 Å². The highest BCUT2D eigenvalue weighted by molar-refractivity contribution is 5.81. The number of carbonyl (C=O) groups excluding carboxylic acids is 2. The van der Waals surface area contributed by atoms with Gasteiger partial charge in [-0.25, -0.2) is 0 Å². The van der Waals surface area contributed by atoms with Crippen LogP contribution in [0.15, 0.2) is 24.3 Å². The second-order valence-electron chi connectivity index (χ2n) is 4.25. The second kappa shape index (κ2) is 7.38. The molecule has 2 amide bonds. The smallest absolute Gasteiger partial charge is 0.252 e. The highest BCUT2D eigenvalue weighted by Crippen LogP contribution is 2.13. The predicted octanol–water partition coefficient (Wildman–Crippen LogP) is 0.294. The molecule has 0 heterocycles. The number of nitrogens with one attached hydrogen (secondary N) is 2. The average Bonchev–Trinajstić information content (AvgIpc) is 2.36. The first-order chi connectivity index (χ1) is 9.01. The number of hydrogen-bond acceptors (Lipinski definition) is 4. The van der Waals surface area contributed by atoms with Crippen molar-refractivity contribution in [3.05, 3.63) is 29.8 Å². The van der Waals surface area contributed by atoms with Crippen LogP contribution in [0, 0.1) is 0 Å². The van der Waals surface area contributed by atoms with Gasteiger partial charge in [0, 0.05) is 13.5 Å². The first-order valence-corrected chi connectivity index (χ1v) is 5.88. The lowest BCUT2D eigenvalue weighted by atomic mass is 10.2. The highest BCUT2D eigenvalue weighted by atomic mass is 16.5. The molecule has 0 fully saturated rings. The van der Waals surface area contributed by atoms with Crippen molar-refractivity contribution in [3.63, 3.8) is 0 Å². The quantitative estimate of drug-likeness (QED) is 0.751. The van der Waals surface area contributed by atoms with Crippen LogP contribution in [0.2, 0.25) is 0 Å². The lowest BCUT2D eigenvalue weighted by molar-refractivity contribution is -0.128. The Kier molecular flexibility index (Phi) is 5.81. The van der Waals surface area contributed by atoms with Gasteiger partial charge < -0.3 is 4.74 Å². The summed E-state index contributed by atoms with van der Waals surface area (Å²) < 4.78 is 5.14. The number of rotatable bonds is 5. The third-order valence-corrected chi connectivity index (χ3v) is 2.38. The van der Waals surface area contributed by atoms with Crippen LogP contribution in [0.1, 0.15) is 12.5 Å². The number of carbonyl (C=O) groups is 2. The lowest BCUT2D eigenvalue weighted by Crippen LogP contribution is -2.44. The van der Waals surface area contributed by atoms with E-state index in [0.29, 0.717) is 6.54 Å². The van der Waals surface area contributed by atoms with E-state index < -0.39 is 0 Å². The maximum Gasteiger partial charge on any atom is 0.252 e. The molecule has 1 aromatic carbocycles. The normalized spacial score (nSPS) is 10.1. The lowest BCUT2D eigenvalue weighted by Gasteiger charge is -2.16. The molecule has 6 nitrogen and oxygen atoms in total. The summed E-state index contributed by atoms with van der Waals surface area (Å²) in [6.45, 7) is 2.14. The zero-order chi connectivity index (χ0) is 14.3. The van der Waals surface area contributed by atoms with E-state index in [1.54, 1.807) is 7.11 Å². The molecule has 2 N–H and O–H groups in total. The van der Waals surface area contributed by atoms with Crippen molar-refractivity contribution >= 4 is 11.8 Å². The van der Waals surface area contributed by atoms with E-state index in [-0.39, 0.29) is 18.4 Å². The molecule has 0 aromatic heterocycles. The van der Waals surface area contributed by atoms with Gasteiger partial charge in [-0.2, -0.15) is 0 Å². The fraction of sp³-hybridized carbons (Fsp3) is 0.385. The molecule has 0 radical (unpaired) electrons. The molecule has 6 heteroatoms. The van der Waals surface area contributed by atoms with Crippen molar-refractivity contribution in [1.82, 2.24) is 15.8 Å². The fourth-order valence-electron chi connectivity index (χ4n) is 1.58. The maximum absolute atomic E-state index is 11.5. The van der Waals surface area contributed by atoms with E-state index in [4.69, 9.17) is 4.74 Å². The number of likely N-dealkylation sites (N-methyl/N-ethyl adjacent to an activating group) is 1. The van der Waals surface area contributed by atoms with E-state index in [9.17, 15) is 9.59 Å². The topological polar surface area (TPSA) is 70.7 Å². The van der Waals surface area contributed by atoms with Gasteiger partial charge in [0.25, 0.3) is 5.91 Å². The van der Waals surface area contributed by atoms with Gasteiger partial charge in [0.15, 0.2) is 0 Å². The number of nitrogens with zero attached hydrogens (tertiary/aromatic N) is 1. The molecule has 19 heavy (non-hydrogen) atoms. The molecule has 0 bridgehead atoms. The van der Waals surface area contributed by atoms with Crippen LogP contribution in [0.5, 0.6) is 5.75 Å². The van der Waals surface area contributed by atoms with E-state index in [2.05, 4.69) is 10.9 Å².